The van der Waals surface area contributed by atoms with Crippen LogP contribution in [0.15, 0.2) is 18.2 Å². The first-order valence-corrected chi connectivity index (χ1v) is 6.80. The number of nitrogens with zero attached hydrogens (tertiary/aromatic N) is 1. The Morgan fingerprint density at radius 3 is 2.50 bits per heavy atom. The van der Waals surface area contributed by atoms with Gasteiger partial charge in [-0.15, -0.1) is 3.89 Å². The van der Waals surface area contributed by atoms with Gasteiger partial charge in [0.05, 0.1) is 0 Å². The van der Waals surface area contributed by atoms with Crippen LogP contribution >= 0.6 is 11.6 Å². The number of rotatable bonds is 2. The molecule has 1 aliphatic rings. The molecule has 0 aliphatic carbocycles. The van der Waals surface area contributed by atoms with Crippen molar-refractivity contribution in [2.45, 2.75) is 11.7 Å². The second kappa shape index (κ2) is 4.47. The molecule has 1 atom stereocenters. The third-order valence-corrected chi connectivity index (χ3v) is 3.98. The zero-order valence-electron chi connectivity index (χ0n) is 8.94. The molecule has 1 aromatic carbocycles. The molecule has 1 saturated heterocycles. The highest BCUT2D eigenvalue weighted by Crippen LogP contribution is 2.28. The summed E-state index contributed by atoms with van der Waals surface area (Å²) in [5, 5.41) is -1.34. The fraction of sp³-hybridized carbons (Fsp3) is 0.300. The molecule has 1 heterocycles. The SMILES string of the molecule is O=C1CC(S(=O)(=O)F)CN1c1cc(F)cc(Cl)c1. The lowest BCUT2D eigenvalue weighted by Crippen LogP contribution is -2.26. The van der Waals surface area contributed by atoms with Crippen molar-refractivity contribution in [3.05, 3.63) is 29.0 Å². The maximum absolute atomic E-state index is 13.1. The number of carbonyl (C=O) groups excluding carboxylic acids is 1. The molecule has 2 rings (SSSR count). The van der Waals surface area contributed by atoms with Crippen molar-refractivity contribution in [2.24, 2.45) is 0 Å². The molecule has 18 heavy (non-hydrogen) atoms. The van der Waals surface area contributed by atoms with E-state index in [4.69, 9.17) is 11.6 Å². The van der Waals surface area contributed by atoms with Gasteiger partial charge < -0.3 is 4.90 Å². The minimum atomic E-state index is -4.79. The molecule has 0 spiro atoms. The summed E-state index contributed by atoms with van der Waals surface area (Å²) in [6.07, 6.45) is -0.451. The third kappa shape index (κ3) is 2.62. The predicted molar refractivity (Wildman–Crippen MR) is 62.2 cm³/mol. The molecule has 1 unspecified atom stereocenters. The first kappa shape index (κ1) is 13.2. The molecule has 4 nitrogen and oxygen atoms in total. The summed E-state index contributed by atoms with van der Waals surface area (Å²) in [5.41, 5.74) is 0.121. The molecule has 98 valence electrons. The quantitative estimate of drug-likeness (QED) is 0.783. The summed E-state index contributed by atoms with van der Waals surface area (Å²) in [4.78, 5) is 12.6. The first-order valence-electron chi connectivity index (χ1n) is 4.97. The van der Waals surface area contributed by atoms with Gasteiger partial charge in [-0.3, -0.25) is 4.79 Å². The average Bonchev–Trinajstić information content (AvgIpc) is 2.58. The van der Waals surface area contributed by atoms with Crippen LogP contribution in [0.4, 0.5) is 14.0 Å². The number of anilines is 1. The van der Waals surface area contributed by atoms with E-state index in [1.807, 2.05) is 0 Å². The highest BCUT2D eigenvalue weighted by Gasteiger charge is 2.39. The van der Waals surface area contributed by atoms with Gasteiger partial charge in [-0.25, -0.2) is 4.39 Å². The minimum absolute atomic E-state index is 0.0735. The Hall–Kier alpha value is -1.21. The lowest BCUT2D eigenvalue weighted by Gasteiger charge is -2.16. The van der Waals surface area contributed by atoms with Crippen LogP contribution in [-0.2, 0) is 15.0 Å². The fourth-order valence-corrected chi connectivity index (χ4v) is 2.69. The van der Waals surface area contributed by atoms with Crippen LogP contribution in [0.5, 0.6) is 0 Å². The Balaban J connectivity index is 2.32. The second-order valence-corrected chi connectivity index (χ2v) is 5.99. The van der Waals surface area contributed by atoms with Gasteiger partial charge in [-0.2, -0.15) is 8.42 Å². The lowest BCUT2D eigenvalue weighted by atomic mass is 10.3. The molecule has 1 aromatic rings. The van der Waals surface area contributed by atoms with Gasteiger partial charge in [0.1, 0.15) is 11.1 Å². The van der Waals surface area contributed by atoms with Crippen molar-refractivity contribution in [1.29, 1.82) is 0 Å². The molecule has 1 fully saturated rings. The van der Waals surface area contributed by atoms with Crippen LogP contribution in [0, 0.1) is 5.82 Å². The van der Waals surface area contributed by atoms with Crippen LogP contribution in [0.1, 0.15) is 6.42 Å². The number of hydrogen-bond acceptors (Lipinski definition) is 3. The van der Waals surface area contributed by atoms with Gasteiger partial charge in [0, 0.05) is 23.7 Å². The van der Waals surface area contributed by atoms with Gasteiger partial charge in [0.25, 0.3) is 0 Å². The Morgan fingerprint density at radius 2 is 2.00 bits per heavy atom. The average molecular weight is 296 g/mol. The standard InChI is InChI=1S/C10H8ClF2NO3S/c11-6-1-7(12)3-8(2-6)14-5-9(4-10(14)15)18(13,16)17/h1-3,9H,4-5H2. The highest BCUT2D eigenvalue weighted by atomic mass is 35.5. The number of amides is 1. The largest absolute Gasteiger partial charge is 0.311 e. The summed E-state index contributed by atoms with van der Waals surface area (Å²) in [6.45, 7) is -0.336. The van der Waals surface area contributed by atoms with Crippen LogP contribution in [-0.4, -0.2) is 26.1 Å². The molecular weight excluding hydrogens is 288 g/mol. The van der Waals surface area contributed by atoms with Crippen LogP contribution in [0.2, 0.25) is 5.02 Å². The van der Waals surface area contributed by atoms with Crippen LogP contribution in [0.3, 0.4) is 0 Å². The second-order valence-electron chi connectivity index (χ2n) is 3.93. The van der Waals surface area contributed by atoms with Crippen molar-refractivity contribution in [3.63, 3.8) is 0 Å². The van der Waals surface area contributed by atoms with E-state index in [0.717, 1.165) is 17.0 Å². The van der Waals surface area contributed by atoms with E-state index in [-0.39, 0.29) is 17.3 Å². The normalized spacial score (nSPS) is 20.5. The van der Waals surface area contributed by atoms with E-state index in [0.29, 0.717) is 0 Å². The topological polar surface area (TPSA) is 54.5 Å². The van der Waals surface area contributed by atoms with E-state index in [9.17, 15) is 21.5 Å². The monoisotopic (exact) mass is 295 g/mol. The molecular formula is C10H8ClF2NO3S. The summed E-state index contributed by atoms with van der Waals surface area (Å²) >= 11 is 5.63. The van der Waals surface area contributed by atoms with E-state index in [1.165, 1.54) is 6.07 Å². The third-order valence-electron chi connectivity index (χ3n) is 2.65. The fourth-order valence-electron chi connectivity index (χ4n) is 1.81. The van der Waals surface area contributed by atoms with Gasteiger partial charge in [-0.1, -0.05) is 11.6 Å². The zero-order valence-corrected chi connectivity index (χ0v) is 10.5. The molecule has 0 saturated carbocycles. The molecule has 0 N–H and O–H groups in total. The molecule has 0 aromatic heterocycles. The minimum Gasteiger partial charge on any atom is -0.311 e. The van der Waals surface area contributed by atoms with Crippen LogP contribution < -0.4 is 4.90 Å². The molecule has 1 aliphatic heterocycles. The molecule has 0 radical (unpaired) electrons. The van der Waals surface area contributed by atoms with E-state index in [2.05, 4.69) is 0 Å². The lowest BCUT2D eigenvalue weighted by molar-refractivity contribution is -0.117. The summed E-state index contributed by atoms with van der Waals surface area (Å²) in [5.74, 6) is -1.24. The van der Waals surface area contributed by atoms with E-state index >= 15 is 0 Å². The predicted octanol–water partition coefficient (Wildman–Crippen LogP) is 1.88. The molecule has 8 heteroatoms. The Morgan fingerprint density at radius 1 is 1.33 bits per heavy atom. The molecule has 0 bridgehead atoms. The van der Waals surface area contributed by atoms with E-state index < -0.39 is 33.6 Å². The van der Waals surface area contributed by atoms with Gasteiger partial charge in [-0.05, 0) is 18.2 Å². The Kier molecular flexibility index (Phi) is 3.29. The number of halogens is 3. The van der Waals surface area contributed by atoms with Crippen molar-refractivity contribution >= 4 is 33.4 Å². The van der Waals surface area contributed by atoms with Crippen molar-refractivity contribution in [3.8, 4) is 0 Å². The maximum Gasteiger partial charge on any atom is 0.307 e. The Labute approximate surface area is 107 Å². The van der Waals surface area contributed by atoms with Gasteiger partial charge >= 0.3 is 10.2 Å². The first-order chi connectivity index (χ1) is 8.27. The smallest absolute Gasteiger partial charge is 0.307 e. The highest BCUT2D eigenvalue weighted by molar-refractivity contribution is 7.87. The number of carbonyl (C=O) groups is 1. The summed E-state index contributed by atoms with van der Waals surface area (Å²) in [7, 11) is -4.79. The summed E-state index contributed by atoms with van der Waals surface area (Å²) < 4.78 is 47.4. The maximum atomic E-state index is 13.1. The van der Waals surface area contributed by atoms with Crippen molar-refractivity contribution < 1.29 is 21.5 Å². The van der Waals surface area contributed by atoms with Gasteiger partial charge in [0.2, 0.25) is 5.91 Å². The number of benzene rings is 1. The molecule has 1 amide bonds. The van der Waals surface area contributed by atoms with Crippen LogP contribution in [0.25, 0.3) is 0 Å². The van der Waals surface area contributed by atoms with Crippen molar-refractivity contribution in [2.75, 3.05) is 11.4 Å². The zero-order chi connectivity index (χ0) is 13.5. The Bertz CT molecular complexity index is 585. The summed E-state index contributed by atoms with van der Waals surface area (Å²) in [6, 6.07) is 3.40. The van der Waals surface area contributed by atoms with Crippen molar-refractivity contribution in [1.82, 2.24) is 0 Å². The van der Waals surface area contributed by atoms with E-state index in [1.54, 1.807) is 0 Å². The number of hydrogen-bond donors (Lipinski definition) is 0. The van der Waals surface area contributed by atoms with Gasteiger partial charge in [0.15, 0.2) is 0 Å².